The van der Waals surface area contributed by atoms with Crippen LogP contribution in [0.1, 0.15) is 30.7 Å². The Morgan fingerprint density at radius 2 is 1.83 bits per heavy atom. The third kappa shape index (κ3) is 2.43. The highest BCUT2D eigenvalue weighted by Crippen LogP contribution is 2.49. The Labute approximate surface area is 119 Å². The Hall–Kier alpha value is -0.180. The number of benzene rings is 1. The van der Waals surface area contributed by atoms with Gasteiger partial charge in [-0.2, -0.15) is 11.8 Å². The minimum Gasteiger partial charge on any atom is -0.316 e. The molecule has 1 N–H and O–H groups in total. The molecule has 18 heavy (non-hydrogen) atoms. The minimum absolute atomic E-state index is 0.546. The fourth-order valence-corrected chi connectivity index (χ4v) is 4.95. The van der Waals surface area contributed by atoms with Gasteiger partial charge >= 0.3 is 0 Å². The Balaban J connectivity index is 1.89. The fourth-order valence-electron chi connectivity index (χ4n) is 3.52. The second-order valence-corrected chi connectivity index (χ2v) is 7.19. The van der Waals surface area contributed by atoms with E-state index in [4.69, 9.17) is 11.6 Å². The van der Waals surface area contributed by atoms with Gasteiger partial charge in [0.05, 0.1) is 0 Å². The molecule has 2 fully saturated rings. The van der Waals surface area contributed by atoms with Crippen LogP contribution in [0, 0.1) is 5.41 Å². The number of hydrogen-bond acceptors (Lipinski definition) is 2. The summed E-state index contributed by atoms with van der Waals surface area (Å²) in [6.07, 6.45) is 4.10. The van der Waals surface area contributed by atoms with Gasteiger partial charge in [-0.05, 0) is 60.4 Å². The molecule has 2 heterocycles. The van der Waals surface area contributed by atoms with Crippen LogP contribution in [-0.2, 0) is 0 Å². The van der Waals surface area contributed by atoms with Gasteiger partial charge < -0.3 is 5.32 Å². The van der Waals surface area contributed by atoms with Crippen molar-refractivity contribution in [3.63, 3.8) is 0 Å². The van der Waals surface area contributed by atoms with Crippen LogP contribution in [0.25, 0.3) is 0 Å². The molecule has 1 atom stereocenters. The molecule has 0 radical (unpaired) electrons. The highest BCUT2D eigenvalue weighted by atomic mass is 35.5. The number of piperidine rings is 1. The van der Waals surface area contributed by atoms with E-state index >= 15 is 0 Å². The first-order chi connectivity index (χ1) is 8.80. The molecule has 3 rings (SSSR count). The topological polar surface area (TPSA) is 12.0 Å². The molecule has 2 saturated heterocycles. The summed E-state index contributed by atoms with van der Waals surface area (Å²) in [6, 6.07) is 8.53. The SMILES string of the molecule is Clc1ccc(C2CNCCC23CCSCC3)cc1. The lowest BCUT2D eigenvalue weighted by atomic mass is 9.64. The average Bonchev–Trinajstić information content (AvgIpc) is 2.42. The predicted molar refractivity (Wildman–Crippen MR) is 80.7 cm³/mol. The summed E-state index contributed by atoms with van der Waals surface area (Å²) >= 11 is 8.13. The fraction of sp³-hybridized carbons (Fsp3) is 0.600. The second-order valence-electron chi connectivity index (χ2n) is 5.53. The molecular weight excluding hydrogens is 262 g/mol. The zero-order valence-electron chi connectivity index (χ0n) is 10.6. The Morgan fingerprint density at radius 1 is 1.11 bits per heavy atom. The lowest BCUT2D eigenvalue weighted by Gasteiger charge is -2.47. The third-order valence-electron chi connectivity index (χ3n) is 4.65. The number of hydrogen-bond donors (Lipinski definition) is 1. The van der Waals surface area contributed by atoms with Gasteiger partial charge in [0, 0.05) is 17.5 Å². The van der Waals surface area contributed by atoms with Crippen molar-refractivity contribution in [2.24, 2.45) is 5.41 Å². The van der Waals surface area contributed by atoms with Gasteiger partial charge in [0.25, 0.3) is 0 Å². The van der Waals surface area contributed by atoms with Crippen molar-refractivity contribution in [2.75, 3.05) is 24.6 Å². The van der Waals surface area contributed by atoms with Crippen molar-refractivity contribution in [3.05, 3.63) is 34.9 Å². The lowest BCUT2D eigenvalue weighted by Crippen LogP contribution is -2.45. The van der Waals surface area contributed by atoms with Crippen molar-refractivity contribution in [3.8, 4) is 0 Å². The Morgan fingerprint density at radius 3 is 2.56 bits per heavy atom. The lowest BCUT2D eigenvalue weighted by molar-refractivity contribution is 0.147. The van der Waals surface area contributed by atoms with Crippen LogP contribution < -0.4 is 5.32 Å². The van der Waals surface area contributed by atoms with Gasteiger partial charge in [0.1, 0.15) is 0 Å². The van der Waals surface area contributed by atoms with Crippen LogP contribution in [0.3, 0.4) is 0 Å². The quantitative estimate of drug-likeness (QED) is 0.837. The summed E-state index contributed by atoms with van der Waals surface area (Å²) in [5, 5.41) is 4.42. The van der Waals surface area contributed by atoms with E-state index in [2.05, 4.69) is 29.2 Å². The van der Waals surface area contributed by atoms with E-state index in [0.29, 0.717) is 11.3 Å². The molecule has 3 heteroatoms. The molecule has 2 aliphatic rings. The van der Waals surface area contributed by atoms with Crippen LogP contribution in [0.4, 0.5) is 0 Å². The summed E-state index contributed by atoms with van der Waals surface area (Å²) in [4.78, 5) is 0. The summed E-state index contributed by atoms with van der Waals surface area (Å²) in [7, 11) is 0. The second kappa shape index (κ2) is 5.44. The van der Waals surface area contributed by atoms with Gasteiger partial charge in [-0.25, -0.2) is 0 Å². The van der Waals surface area contributed by atoms with Crippen molar-refractivity contribution in [2.45, 2.75) is 25.2 Å². The van der Waals surface area contributed by atoms with Gasteiger partial charge in [-0.15, -0.1) is 0 Å². The van der Waals surface area contributed by atoms with E-state index in [-0.39, 0.29) is 0 Å². The molecular formula is C15H20ClNS. The van der Waals surface area contributed by atoms with E-state index < -0.39 is 0 Å². The third-order valence-corrected chi connectivity index (χ3v) is 5.89. The van der Waals surface area contributed by atoms with Crippen molar-refractivity contribution in [1.29, 1.82) is 0 Å². The Bertz CT molecular complexity index is 389. The maximum atomic E-state index is 6.01. The minimum atomic E-state index is 0.546. The van der Waals surface area contributed by atoms with E-state index in [1.165, 1.54) is 42.9 Å². The normalized spacial score (nSPS) is 27.3. The van der Waals surface area contributed by atoms with Gasteiger partial charge in [0.2, 0.25) is 0 Å². The van der Waals surface area contributed by atoms with Crippen LogP contribution in [0.15, 0.2) is 24.3 Å². The first-order valence-electron chi connectivity index (χ1n) is 6.84. The van der Waals surface area contributed by atoms with Crippen LogP contribution >= 0.6 is 23.4 Å². The van der Waals surface area contributed by atoms with Crippen molar-refractivity contribution in [1.82, 2.24) is 5.32 Å². The maximum absolute atomic E-state index is 6.01. The standard InChI is InChI=1S/C15H20ClNS/c16-13-3-1-12(2-4-13)14-11-17-8-5-15(14)6-9-18-10-7-15/h1-4,14,17H,5-11H2. The van der Waals surface area contributed by atoms with Gasteiger partial charge in [-0.1, -0.05) is 23.7 Å². The highest BCUT2D eigenvalue weighted by Gasteiger charge is 2.42. The van der Waals surface area contributed by atoms with Crippen LogP contribution in [0.2, 0.25) is 5.02 Å². The summed E-state index contributed by atoms with van der Waals surface area (Å²) < 4.78 is 0. The van der Waals surface area contributed by atoms with Crippen LogP contribution in [-0.4, -0.2) is 24.6 Å². The number of halogens is 1. The molecule has 98 valence electrons. The van der Waals surface area contributed by atoms with E-state index in [9.17, 15) is 0 Å². The predicted octanol–water partition coefficient (Wildman–Crippen LogP) is 3.93. The Kier molecular flexibility index (Phi) is 3.88. The van der Waals surface area contributed by atoms with Gasteiger partial charge in [-0.3, -0.25) is 0 Å². The molecule has 1 aromatic carbocycles. The monoisotopic (exact) mass is 281 g/mol. The van der Waals surface area contributed by atoms with Crippen molar-refractivity contribution >= 4 is 23.4 Å². The number of rotatable bonds is 1. The first-order valence-corrected chi connectivity index (χ1v) is 8.37. The van der Waals surface area contributed by atoms with E-state index in [1.54, 1.807) is 0 Å². The zero-order chi connectivity index (χ0) is 12.4. The van der Waals surface area contributed by atoms with Gasteiger partial charge in [0.15, 0.2) is 0 Å². The molecule has 0 aromatic heterocycles. The van der Waals surface area contributed by atoms with E-state index in [0.717, 1.165) is 11.6 Å². The maximum Gasteiger partial charge on any atom is 0.0406 e. The summed E-state index contributed by atoms with van der Waals surface area (Å²) in [5.41, 5.74) is 2.02. The van der Waals surface area contributed by atoms with Crippen LogP contribution in [0.5, 0.6) is 0 Å². The molecule has 1 nitrogen and oxygen atoms in total. The highest BCUT2D eigenvalue weighted by molar-refractivity contribution is 7.99. The molecule has 0 saturated carbocycles. The molecule has 0 bridgehead atoms. The molecule has 0 amide bonds. The van der Waals surface area contributed by atoms with E-state index in [1.807, 2.05) is 12.1 Å². The largest absolute Gasteiger partial charge is 0.316 e. The molecule has 2 aliphatic heterocycles. The zero-order valence-corrected chi connectivity index (χ0v) is 12.2. The first kappa shape index (κ1) is 12.8. The molecule has 1 aromatic rings. The summed E-state index contributed by atoms with van der Waals surface area (Å²) in [6.45, 7) is 2.32. The van der Waals surface area contributed by atoms with Crippen molar-refractivity contribution < 1.29 is 0 Å². The average molecular weight is 282 g/mol. The molecule has 0 aliphatic carbocycles. The molecule has 1 unspecified atom stereocenters. The summed E-state index contributed by atoms with van der Waals surface area (Å²) in [5.74, 6) is 3.35. The number of nitrogens with one attached hydrogen (secondary N) is 1. The smallest absolute Gasteiger partial charge is 0.0406 e. The molecule has 1 spiro atoms. The number of thioether (sulfide) groups is 1.